The van der Waals surface area contributed by atoms with E-state index in [0.29, 0.717) is 32.9 Å². The van der Waals surface area contributed by atoms with Gasteiger partial charge in [-0.25, -0.2) is 10.9 Å². The number of benzene rings is 2. The summed E-state index contributed by atoms with van der Waals surface area (Å²) in [6.45, 7) is 0. The van der Waals surface area contributed by atoms with Gasteiger partial charge in [0.15, 0.2) is 0 Å². The van der Waals surface area contributed by atoms with E-state index in [1.165, 1.54) is 12.4 Å². The molecule has 0 unspecified atom stereocenters. The lowest BCUT2D eigenvalue weighted by Gasteiger charge is -2.03. The summed E-state index contributed by atoms with van der Waals surface area (Å²) in [5.41, 5.74) is 6.52. The number of halogens is 4. The molecule has 0 aliphatic carbocycles. The van der Waals surface area contributed by atoms with Crippen molar-refractivity contribution >= 4 is 70.6 Å². The third kappa shape index (κ3) is 11.3. The van der Waals surface area contributed by atoms with Gasteiger partial charge in [0.05, 0.1) is 32.5 Å². The summed E-state index contributed by atoms with van der Waals surface area (Å²) in [6, 6.07) is 10.2. The van der Waals surface area contributed by atoms with E-state index in [-0.39, 0.29) is 11.8 Å². The number of unbranched alkanes of at least 4 members (excludes halogenated alkanes) is 5. The standard InChI is InChI=1S/C24H26Cl4N4O2/c25-19-11-9-17(13-21(19)27)15-29-31-23(33)7-5-3-1-2-4-6-8-24(34)32-30-16-18-10-12-20(26)22(28)14-18/h9-16H,1-8H2,(H,31,33)(H,32,34)/b29-15+,30-16+. The molecule has 2 rings (SSSR count). The monoisotopic (exact) mass is 542 g/mol. The molecule has 6 nitrogen and oxygen atoms in total. The van der Waals surface area contributed by atoms with Crippen LogP contribution in [0.25, 0.3) is 0 Å². The van der Waals surface area contributed by atoms with E-state index in [0.717, 1.165) is 49.7 Å². The molecule has 0 aliphatic heterocycles. The number of carbonyl (C=O) groups excluding carboxylic acids is 2. The summed E-state index contributed by atoms with van der Waals surface area (Å²) < 4.78 is 0. The molecular weight excluding hydrogens is 518 g/mol. The third-order valence-electron chi connectivity index (χ3n) is 4.75. The first-order valence-electron chi connectivity index (χ1n) is 10.9. The minimum absolute atomic E-state index is 0.130. The molecule has 2 aromatic carbocycles. The number of nitrogens with zero attached hydrogens (tertiary/aromatic N) is 2. The number of nitrogens with one attached hydrogen (secondary N) is 2. The molecule has 0 saturated heterocycles. The van der Waals surface area contributed by atoms with Gasteiger partial charge in [0.1, 0.15) is 0 Å². The van der Waals surface area contributed by atoms with E-state index in [4.69, 9.17) is 46.4 Å². The molecule has 0 fully saturated rings. The van der Waals surface area contributed by atoms with E-state index < -0.39 is 0 Å². The van der Waals surface area contributed by atoms with Gasteiger partial charge in [0.25, 0.3) is 0 Å². The van der Waals surface area contributed by atoms with Gasteiger partial charge in [-0.2, -0.15) is 10.2 Å². The Kier molecular flexibility index (Phi) is 13.0. The molecule has 0 heterocycles. The van der Waals surface area contributed by atoms with Crippen molar-refractivity contribution in [3.8, 4) is 0 Å². The van der Waals surface area contributed by atoms with Crippen LogP contribution in [0, 0.1) is 0 Å². The Morgan fingerprint density at radius 1 is 0.618 bits per heavy atom. The number of amides is 2. The van der Waals surface area contributed by atoms with Crippen molar-refractivity contribution in [2.45, 2.75) is 51.4 Å². The zero-order valence-electron chi connectivity index (χ0n) is 18.5. The van der Waals surface area contributed by atoms with Crippen LogP contribution in [-0.4, -0.2) is 24.2 Å². The van der Waals surface area contributed by atoms with Crippen molar-refractivity contribution in [2.75, 3.05) is 0 Å². The molecule has 2 N–H and O–H groups in total. The van der Waals surface area contributed by atoms with Crippen LogP contribution in [0.1, 0.15) is 62.5 Å². The summed E-state index contributed by atoms with van der Waals surface area (Å²) in [5.74, 6) is -0.260. The maximum absolute atomic E-state index is 11.8. The lowest BCUT2D eigenvalue weighted by atomic mass is 10.1. The summed E-state index contributed by atoms with van der Waals surface area (Å²) in [6.07, 6.45) is 9.37. The number of rotatable bonds is 13. The molecule has 0 radical (unpaired) electrons. The first kappa shape index (κ1) is 28.1. The average molecular weight is 544 g/mol. The van der Waals surface area contributed by atoms with Gasteiger partial charge in [-0.3, -0.25) is 9.59 Å². The highest BCUT2D eigenvalue weighted by atomic mass is 35.5. The molecule has 0 atom stereocenters. The van der Waals surface area contributed by atoms with E-state index in [9.17, 15) is 9.59 Å². The van der Waals surface area contributed by atoms with E-state index in [2.05, 4.69) is 21.1 Å². The Hall–Kier alpha value is -2.12. The highest BCUT2D eigenvalue weighted by molar-refractivity contribution is 6.42. The van der Waals surface area contributed by atoms with Gasteiger partial charge in [0.2, 0.25) is 11.8 Å². The number of hydrazone groups is 2. The fourth-order valence-electron chi connectivity index (χ4n) is 2.93. The van der Waals surface area contributed by atoms with Crippen LogP contribution < -0.4 is 10.9 Å². The Morgan fingerprint density at radius 3 is 1.38 bits per heavy atom. The summed E-state index contributed by atoms with van der Waals surface area (Å²) >= 11 is 23.6. The van der Waals surface area contributed by atoms with Crippen LogP contribution in [0.15, 0.2) is 46.6 Å². The predicted molar refractivity (Wildman–Crippen MR) is 141 cm³/mol. The lowest BCUT2D eigenvalue weighted by molar-refractivity contribution is -0.122. The van der Waals surface area contributed by atoms with Gasteiger partial charge in [-0.1, -0.05) is 84.2 Å². The smallest absolute Gasteiger partial charge is 0.240 e. The highest BCUT2D eigenvalue weighted by Gasteiger charge is 2.02. The molecule has 0 bridgehead atoms. The molecule has 34 heavy (non-hydrogen) atoms. The molecule has 2 aromatic rings. The second-order valence-corrected chi connectivity index (χ2v) is 9.18. The van der Waals surface area contributed by atoms with E-state index in [1.807, 2.05) is 0 Å². The lowest BCUT2D eigenvalue weighted by Crippen LogP contribution is -2.17. The first-order chi connectivity index (χ1) is 16.3. The fourth-order valence-corrected chi connectivity index (χ4v) is 3.55. The maximum atomic E-state index is 11.8. The van der Waals surface area contributed by atoms with Crippen molar-refractivity contribution in [3.63, 3.8) is 0 Å². The van der Waals surface area contributed by atoms with Crippen LogP contribution in [-0.2, 0) is 9.59 Å². The highest BCUT2D eigenvalue weighted by Crippen LogP contribution is 2.22. The van der Waals surface area contributed by atoms with Gasteiger partial charge >= 0.3 is 0 Å². The molecule has 0 aliphatic rings. The maximum Gasteiger partial charge on any atom is 0.240 e. The van der Waals surface area contributed by atoms with Crippen molar-refractivity contribution in [1.29, 1.82) is 0 Å². The van der Waals surface area contributed by atoms with Crippen LogP contribution >= 0.6 is 46.4 Å². The quantitative estimate of drug-likeness (QED) is 0.161. The van der Waals surface area contributed by atoms with E-state index >= 15 is 0 Å². The van der Waals surface area contributed by atoms with Crippen LogP contribution in [0.2, 0.25) is 20.1 Å². The van der Waals surface area contributed by atoms with Crippen molar-refractivity contribution in [1.82, 2.24) is 10.9 Å². The van der Waals surface area contributed by atoms with E-state index in [1.54, 1.807) is 36.4 Å². The van der Waals surface area contributed by atoms with Crippen molar-refractivity contribution in [2.24, 2.45) is 10.2 Å². The largest absolute Gasteiger partial charge is 0.273 e. The minimum atomic E-state index is -0.130. The van der Waals surface area contributed by atoms with Crippen molar-refractivity contribution in [3.05, 3.63) is 67.6 Å². The fraction of sp³-hybridized carbons (Fsp3) is 0.333. The van der Waals surface area contributed by atoms with Crippen molar-refractivity contribution < 1.29 is 9.59 Å². The summed E-state index contributed by atoms with van der Waals surface area (Å²) in [4.78, 5) is 23.7. The van der Waals surface area contributed by atoms with Crippen LogP contribution in [0.4, 0.5) is 0 Å². The average Bonchev–Trinajstić information content (AvgIpc) is 2.80. The van der Waals surface area contributed by atoms with Crippen LogP contribution in [0.5, 0.6) is 0 Å². The normalized spacial score (nSPS) is 11.3. The molecular formula is C24H26Cl4N4O2. The molecule has 10 heteroatoms. The third-order valence-corrected chi connectivity index (χ3v) is 6.23. The molecule has 0 saturated carbocycles. The Bertz CT molecular complexity index is 947. The van der Waals surface area contributed by atoms with Gasteiger partial charge in [-0.05, 0) is 48.2 Å². The minimum Gasteiger partial charge on any atom is -0.273 e. The molecule has 182 valence electrons. The number of hydrogen-bond donors (Lipinski definition) is 2. The summed E-state index contributed by atoms with van der Waals surface area (Å²) in [5, 5.41) is 9.67. The molecule has 2 amide bonds. The Morgan fingerprint density at radius 2 is 1.00 bits per heavy atom. The zero-order chi connectivity index (χ0) is 24.8. The topological polar surface area (TPSA) is 82.9 Å². The predicted octanol–water partition coefficient (Wildman–Crippen LogP) is 7.02. The SMILES string of the molecule is O=C(CCCCCCCCC(=O)N/N=C/c1ccc(Cl)c(Cl)c1)N/N=C/c1ccc(Cl)c(Cl)c1. The zero-order valence-corrected chi connectivity index (χ0v) is 21.5. The first-order valence-corrected chi connectivity index (χ1v) is 12.4. The Balaban J connectivity index is 1.47. The van der Waals surface area contributed by atoms with Crippen LogP contribution in [0.3, 0.4) is 0 Å². The van der Waals surface area contributed by atoms with Gasteiger partial charge in [-0.15, -0.1) is 0 Å². The second-order valence-electron chi connectivity index (χ2n) is 7.55. The van der Waals surface area contributed by atoms with Gasteiger partial charge in [0, 0.05) is 12.8 Å². The molecule has 0 spiro atoms. The van der Waals surface area contributed by atoms with Gasteiger partial charge < -0.3 is 0 Å². The number of hydrogen-bond acceptors (Lipinski definition) is 4. The molecule has 0 aromatic heterocycles. The second kappa shape index (κ2) is 15.7. The Labute approximate surface area is 219 Å². The number of carbonyl (C=O) groups is 2. The summed E-state index contributed by atoms with van der Waals surface area (Å²) in [7, 11) is 0.